The molecule has 0 aromatic heterocycles. The summed E-state index contributed by atoms with van der Waals surface area (Å²) in [4.78, 5) is 0. The van der Waals surface area contributed by atoms with Gasteiger partial charge < -0.3 is 19.9 Å². The second-order valence-corrected chi connectivity index (χ2v) is 5.11. The third-order valence-corrected chi connectivity index (χ3v) is 3.95. The van der Waals surface area contributed by atoms with Crippen LogP contribution in [0.2, 0.25) is 5.02 Å². The van der Waals surface area contributed by atoms with Crippen molar-refractivity contribution in [2.45, 2.75) is 18.9 Å². The van der Waals surface area contributed by atoms with E-state index in [4.69, 9.17) is 31.5 Å². The predicted octanol–water partition coefficient (Wildman–Crippen LogP) is 2.50. The van der Waals surface area contributed by atoms with Crippen molar-refractivity contribution in [3.63, 3.8) is 0 Å². The molecule has 0 bridgehead atoms. The van der Waals surface area contributed by atoms with Crippen molar-refractivity contribution in [3.05, 3.63) is 22.7 Å². The van der Waals surface area contributed by atoms with Crippen molar-refractivity contribution >= 4 is 11.6 Å². The molecule has 2 aliphatic heterocycles. The maximum atomic E-state index is 6.33. The highest BCUT2D eigenvalue weighted by molar-refractivity contribution is 6.31. The number of hydrogen-bond donors (Lipinski definition) is 1. The maximum absolute atomic E-state index is 6.33. The molecule has 1 aromatic rings. The first kappa shape index (κ1) is 12.1. The van der Waals surface area contributed by atoms with Crippen LogP contribution in [0.4, 0.5) is 0 Å². The topological polar surface area (TPSA) is 53.7 Å². The van der Waals surface area contributed by atoms with Gasteiger partial charge in [0.1, 0.15) is 0 Å². The summed E-state index contributed by atoms with van der Waals surface area (Å²) >= 11 is 6.28. The number of fused-ring (bicyclic) bond motifs is 1. The minimum atomic E-state index is -0.0732. The Labute approximate surface area is 111 Å². The van der Waals surface area contributed by atoms with Crippen LogP contribution in [0.5, 0.6) is 11.5 Å². The first-order chi connectivity index (χ1) is 8.75. The van der Waals surface area contributed by atoms with Gasteiger partial charge in [-0.1, -0.05) is 11.6 Å². The molecule has 1 aromatic carbocycles. The van der Waals surface area contributed by atoms with Gasteiger partial charge in [0, 0.05) is 30.3 Å². The second-order valence-electron chi connectivity index (χ2n) is 4.70. The molecule has 2 N–H and O–H groups in total. The molecule has 2 aliphatic rings. The van der Waals surface area contributed by atoms with Gasteiger partial charge >= 0.3 is 0 Å². The fraction of sp³-hybridized carbons (Fsp3) is 0.538. The van der Waals surface area contributed by atoms with Crippen LogP contribution in [0.15, 0.2) is 12.1 Å². The Kier molecular flexibility index (Phi) is 3.33. The SMILES string of the molecule is N[C@H](c1cc2c(cc1Cl)OCO2)C1CCOCC1. The molecule has 2 heterocycles. The zero-order valence-corrected chi connectivity index (χ0v) is 10.8. The zero-order chi connectivity index (χ0) is 12.5. The number of halogens is 1. The van der Waals surface area contributed by atoms with Crippen LogP contribution in [0, 0.1) is 5.92 Å². The largest absolute Gasteiger partial charge is 0.454 e. The van der Waals surface area contributed by atoms with E-state index in [1.165, 1.54) is 0 Å². The Morgan fingerprint density at radius 2 is 1.83 bits per heavy atom. The van der Waals surface area contributed by atoms with Crippen LogP contribution >= 0.6 is 11.6 Å². The monoisotopic (exact) mass is 269 g/mol. The molecule has 0 aliphatic carbocycles. The molecule has 0 radical (unpaired) electrons. The Hall–Kier alpha value is -0.970. The molecule has 1 fully saturated rings. The van der Waals surface area contributed by atoms with Crippen LogP contribution in [-0.4, -0.2) is 20.0 Å². The van der Waals surface area contributed by atoms with Gasteiger partial charge in [-0.15, -0.1) is 0 Å². The fourth-order valence-electron chi connectivity index (χ4n) is 2.52. The lowest BCUT2D eigenvalue weighted by molar-refractivity contribution is 0.0583. The number of hydrogen-bond acceptors (Lipinski definition) is 4. The van der Waals surface area contributed by atoms with E-state index in [1.54, 1.807) is 6.07 Å². The van der Waals surface area contributed by atoms with E-state index < -0.39 is 0 Å². The predicted molar refractivity (Wildman–Crippen MR) is 68.0 cm³/mol. The minimum absolute atomic E-state index is 0.0732. The Morgan fingerprint density at radius 3 is 2.56 bits per heavy atom. The van der Waals surface area contributed by atoms with E-state index in [0.29, 0.717) is 16.7 Å². The fourth-order valence-corrected chi connectivity index (χ4v) is 2.80. The zero-order valence-electron chi connectivity index (χ0n) is 10.0. The molecule has 18 heavy (non-hydrogen) atoms. The van der Waals surface area contributed by atoms with E-state index in [1.807, 2.05) is 6.07 Å². The molecule has 1 atom stereocenters. The van der Waals surface area contributed by atoms with Crippen LogP contribution in [0.25, 0.3) is 0 Å². The summed E-state index contributed by atoms with van der Waals surface area (Å²) in [5.41, 5.74) is 7.27. The number of nitrogens with two attached hydrogens (primary N) is 1. The summed E-state index contributed by atoms with van der Waals surface area (Å²) in [6.07, 6.45) is 1.96. The summed E-state index contributed by atoms with van der Waals surface area (Å²) in [7, 11) is 0. The lowest BCUT2D eigenvalue weighted by atomic mass is 9.87. The second kappa shape index (κ2) is 4.96. The minimum Gasteiger partial charge on any atom is -0.454 e. The number of ether oxygens (including phenoxy) is 3. The highest BCUT2D eigenvalue weighted by Gasteiger charge is 2.26. The van der Waals surface area contributed by atoms with Gasteiger partial charge in [0.25, 0.3) is 0 Å². The lowest BCUT2D eigenvalue weighted by Gasteiger charge is -2.28. The first-order valence-electron chi connectivity index (χ1n) is 6.18. The van der Waals surface area contributed by atoms with E-state index in [-0.39, 0.29) is 12.8 Å². The van der Waals surface area contributed by atoms with Crippen LogP contribution < -0.4 is 15.2 Å². The number of benzene rings is 1. The summed E-state index contributed by atoms with van der Waals surface area (Å²) < 4.78 is 16.0. The van der Waals surface area contributed by atoms with Gasteiger partial charge in [-0.3, -0.25) is 0 Å². The van der Waals surface area contributed by atoms with E-state index in [9.17, 15) is 0 Å². The van der Waals surface area contributed by atoms with Crippen molar-refractivity contribution < 1.29 is 14.2 Å². The molecular weight excluding hydrogens is 254 g/mol. The Morgan fingerprint density at radius 1 is 1.17 bits per heavy atom. The smallest absolute Gasteiger partial charge is 0.231 e. The summed E-state index contributed by atoms with van der Waals surface area (Å²) in [6, 6.07) is 3.62. The van der Waals surface area contributed by atoms with Crippen molar-refractivity contribution in [2.24, 2.45) is 11.7 Å². The molecule has 0 unspecified atom stereocenters. The van der Waals surface area contributed by atoms with Crippen molar-refractivity contribution in [3.8, 4) is 11.5 Å². The standard InChI is InChI=1S/C13H16ClNO3/c14-10-6-12-11(17-7-18-12)5-9(10)13(15)8-1-3-16-4-2-8/h5-6,8,13H,1-4,7,15H2/t13-/m0/s1. The van der Waals surface area contributed by atoms with Crippen LogP contribution in [0.3, 0.4) is 0 Å². The molecule has 5 heteroatoms. The van der Waals surface area contributed by atoms with Gasteiger partial charge in [-0.2, -0.15) is 0 Å². The highest BCUT2D eigenvalue weighted by atomic mass is 35.5. The molecule has 0 spiro atoms. The third-order valence-electron chi connectivity index (χ3n) is 3.62. The summed E-state index contributed by atoms with van der Waals surface area (Å²) in [6.45, 7) is 1.81. The van der Waals surface area contributed by atoms with Gasteiger partial charge in [0.15, 0.2) is 11.5 Å². The average Bonchev–Trinajstić information content (AvgIpc) is 2.85. The third kappa shape index (κ3) is 2.16. The molecule has 4 nitrogen and oxygen atoms in total. The van der Waals surface area contributed by atoms with Gasteiger partial charge in [-0.25, -0.2) is 0 Å². The van der Waals surface area contributed by atoms with Crippen LogP contribution in [-0.2, 0) is 4.74 Å². The molecule has 1 saturated heterocycles. The summed E-state index contributed by atoms with van der Waals surface area (Å²) in [5, 5.41) is 0.651. The molecular formula is C13H16ClNO3. The molecule has 0 amide bonds. The van der Waals surface area contributed by atoms with Crippen molar-refractivity contribution in [1.82, 2.24) is 0 Å². The van der Waals surface area contributed by atoms with E-state index >= 15 is 0 Å². The first-order valence-corrected chi connectivity index (χ1v) is 6.56. The molecule has 98 valence electrons. The van der Waals surface area contributed by atoms with Gasteiger partial charge in [0.05, 0.1) is 0 Å². The lowest BCUT2D eigenvalue weighted by Crippen LogP contribution is -2.27. The van der Waals surface area contributed by atoms with E-state index in [2.05, 4.69) is 0 Å². The van der Waals surface area contributed by atoms with E-state index in [0.717, 1.165) is 37.4 Å². The Balaban J connectivity index is 1.86. The molecule has 3 rings (SSSR count). The molecule has 0 saturated carbocycles. The highest BCUT2D eigenvalue weighted by Crippen LogP contribution is 2.41. The maximum Gasteiger partial charge on any atom is 0.231 e. The van der Waals surface area contributed by atoms with Crippen molar-refractivity contribution in [2.75, 3.05) is 20.0 Å². The van der Waals surface area contributed by atoms with Crippen molar-refractivity contribution in [1.29, 1.82) is 0 Å². The summed E-state index contributed by atoms with van der Waals surface area (Å²) in [5.74, 6) is 1.84. The quantitative estimate of drug-likeness (QED) is 0.896. The van der Waals surface area contributed by atoms with Gasteiger partial charge in [0.2, 0.25) is 6.79 Å². The Bertz CT molecular complexity index is 446. The number of rotatable bonds is 2. The van der Waals surface area contributed by atoms with Gasteiger partial charge in [-0.05, 0) is 30.4 Å². The van der Waals surface area contributed by atoms with Crippen LogP contribution in [0.1, 0.15) is 24.4 Å². The average molecular weight is 270 g/mol. The normalized spacial score (nSPS) is 21.0.